The van der Waals surface area contributed by atoms with Crippen LogP contribution in [0.25, 0.3) is 11.4 Å². The van der Waals surface area contributed by atoms with Gasteiger partial charge in [0.05, 0.1) is 11.3 Å². The molecule has 0 radical (unpaired) electrons. The summed E-state index contributed by atoms with van der Waals surface area (Å²) in [6, 6.07) is 7.30. The fourth-order valence-corrected chi connectivity index (χ4v) is 3.77. The third-order valence-electron chi connectivity index (χ3n) is 5.04. The maximum absolute atomic E-state index is 10.2. The molecule has 7 heteroatoms. The lowest BCUT2D eigenvalue weighted by atomic mass is 9.82. The van der Waals surface area contributed by atoms with E-state index in [9.17, 15) is 10.4 Å². The first-order chi connectivity index (χ1) is 12.4. The lowest BCUT2D eigenvalue weighted by molar-refractivity contribution is 0.211. The van der Waals surface area contributed by atoms with Gasteiger partial charge in [0, 0.05) is 17.0 Å². The minimum Gasteiger partial charge on any atom is -0.507 e. The number of hydrogen-bond acceptors (Lipinski definition) is 6. The minimum atomic E-state index is 0.0271. The second-order valence-electron chi connectivity index (χ2n) is 6.95. The van der Waals surface area contributed by atoms with E-state index in [0.29, 0.717) is 33.7 Å². The van der Waals surface area contributed by atoms with Crippen LogP contribution in [-0.2, 0) is 0 Å². The third kappa shape index (κ3) is 3.59. The van der Waals surface area contributed by atoms with Crippen molar-refractivity contribution in [2.45, 2.75) is 37.6 Å². The van der Waals surface area contributed by atoms with Crippen molar-refractivity contribution in [3.05, 3.63) is 34.5 Å². The molecule has 1 aromatic heterocycles. The first-order valence-corrected chi connectivity index (χ1v) is 9.01. The van der Waals surface area contributed by atoms with Gasteiger partial charge in [0.1, 0.15) is 23.2 Å². The number of hydrogen-bond donors (Lipinski definition) is 2. The molecule has 1 heterocycles. The summed E-state index contributed by atoms with van der Waals surface area (Å²) < 4.78 is 0. The van der Waals surface area contributed by atoms with Crippen molar-refractivity contribution in [1.82, 2.24) is 14.9 Å². The molecule has 136 valence electrons. The molecule has 2 aromatic rings. The van der Waals surface area contributed by atoms with E-state index in [2.05, 4.69) is 35.0 Å². The summed E-state index contributed by atoms with van der Waals surface area (Å²) >= 11 is 6.05. The number of aromatic hydroxyl groups is 1. The van der Waals surface area contributed by atoms with Crippen LogP contribution in [-0.4, -0.2) is 40.1 Å². The molecule has 0 spiro atoms. The first kappa shape index (κ1) is 18.4. The summed E-state index contributed by atoms with van der Waals surface area (Å²) in [7, 11) is 4.14. The smallest absolute Gasteiger partial charge is 0.165 e. The number of aromatic nitrogens is 2. The van der Waals surface area contributed by atoms with Gasteiger partial charge in [0.2, 0.25) is 0 Å². The van der Waals surface area contributed by atoms with E-state index < -0.39 is 0 Å². The van der Waals surface area contributed by atoms with Crippen molar-refractivity contribution in [3.8, 4) is 23.2 Å². The molecule has 1 saturated carbocycles. The van der Waals surface area contributed by atoms with Crippen molar-refractivity contribution in [3.63, 3.8) is 0 Å². The third-order valence-corrected chi connectivity index (χ3v) is 5.27. The summed E-state index contributed by atoms with van der Waals surface area (Å²) in [6.07, 6.45) is 4.07. The number of nitriles is 1. The maximum Gasteiger partial charge on any atom is 0.165 e. The molecule has 0 aliphatic heterocycles. The SMILES string of the molecule is CN(C)C1CCCC(c2nc(-c3cc(Cl)ccc3O)nc(N)c2C#N)C1. The second-order valence-corrected chi connectivity index (χ2v) is 7.38. The highest BCUT2D eigenvalue weighted by Crippen LogP contribution is 2.38. The van der Waals surface area contributed by atoms with E-state index in [0.717, 1.165) is 25.7 Å². The molecular formula is C19H22ClN5O. The Balaban J connectivity index is 2.08. The van der Waals surface area contributed by atoms with Gasteiger partial charge in [-0.15, -0.1) is 0 Å². The number of nitrogens with two attached hydrogens (primary N) is 1. The lowest BCUT2D eigenvalue weighted by Gasteiger charge is -2.33. The van der Waals surface area contributed by atoms with Crippen molar-refractivity contribution in [1.29, 1.82) is 5.26 Å². The second kappa shape index (κ2) is 7.48. The highest BCUT2D eigenvalue weighted by atomic mass is 35.5. The van der Waals surface area contributed by atoms with Crippen LogP contribution in [0.3, 0.4) is 0 Å². The number of nitrogens with zero attached hydrogens (tertiary/aromatic N) is 4. The quantitative estimate of drug-likeness (QED) is 0.855. The largest absolute Gasteiger partial charge is 0.507 e. The average Bonchev–Trinajstić information content (AvgIpc) is 2.63. The fraction of sp³-hybridized carbons (Fsp3) is 0.421. The van der Waals surface area contributed by atoms with E-state index >= 15 is 0 Å². The maximum atomic E-state index is 10.2. The molecule has 6 nitrogen and oxygen atoms in total. The topological polar surface area (TPSA) is 99.1 Å². The van der Waals surface area contributed by atoms with Gasteiger partial charge in [-0.05, 0) is 51.6 Å². The van der Waals surface area contributed by atoms with Crippen LogP contribution >= 0.6 is 11.6 Å². The van der Waals surface area contributed by atoms with Gasteiger partial charge in [-0.25, -0.2) is 9.97 Å². The lowest BCUT2D eigenvalue weighted by Crippen LogP contribution is -2.33. The van der Waals surface area contributed by atoms with Crippen molar-refractivity contribution < 1.29 is 5.11 Å². The van der Waals surface area contributed by atoms with E-state index in [1.807, 2.05) is 0 Å². The molecule has 1 fully saturated rings. The van der Waals surface area contributed by atoms with E-state index in [-0.39, 0.29) is 17.5 Å². The number of phenols is 1. The molecule has 3 N–H and O–H groups in total. The van der Waals surface area contributed by atoms with E-state index in [1.165, 1.54) is 6.07 Å². The predicted molar refractivity (Wildman–Crippen MR) is 102 cm³/mol. The average molecular weight is 372 g/mol. The molecule has 2 atom stereocenters. The Hall–Kier alpha value is -2.36. The zero-order valence-corrected chi connectivity index (χ0v) is 15.7. The summed E-state index contributed by atoms with van der Waals surface area (Å²) in [4.78, 5) is 11.1. The number of anilines is 1. The number of rotatable bonds is 3. The van der Waals surface area contributed by atoms with Crippen LogP contribution < -0.4 is 5.73 Å². The van der Waals surface area contributed by atoms with Gasteiger partial charge in [-0.1, -0.05) is 18.0 Å². The number of nitrogen functional groups attached to an aromatic ring is 1. The molecular weight excluding hydrogens is 350 g/mol. The molecule has 3 rings (SSSR count). The predicted octanol–water partition coefficient (Wildman–Crippen LogP) is 3.54. The van der Waals surface area contributed by atoms with Crippen LogP contribution in [0.15, 0.2) is 18.2 Å². The molecule has 26 heavy (non-hydrogen) atoms. The molecule has 0 bridgehead atoms. The van der Waals surface area contributed by atoms with Crippen molar-refractivity contribution in [2.24, 2.45) is 0 Å². The van der Waals surface area contributed by atoms with Crippen molar-refractivity contribution >= 4 is 17.4 Å². The fourth-order valence-electron chi connectivity index (χ4n) is 3.60. The Bertz CT molecular complexity index is 862. The van der Waals surface area contributed by atoms with Gasteiger partial charge in [0.15, 0.2) is 5.82 Å². The first-order valence-electron chi connectivity index (χ1n) is 8.63. The van der Waals surface area contributed by atoms with Gasteiger partial charge >= 0.3 is 0 Å². The molecule has 1 aromatic carbocycles. The Morgan fingerprint density at radius 1 is 1.31 bits per heavy atom. The highest BCUT2D eigenvalue weighted by Gasteiger charge is 2.29. The molecule has 2 unspecified atom stereocenters. The molecule has 0 saturated heterocycles. The van der Waals surface area contributed by atoms with Crippen LogP contribution in [0.5, 0.6) is 5.75 Å². The van der Waals surface area contributed by atoms with Crippen LogP contribution in [0, 0.1) is 11.3 Å². The standard InChI is InChI=1S/C19H22ClN5O/c1-25(2)13-5-3-4-11(8-13)17-15(10-21)18(22)24-19(23-17)14-9-12(20)6-7-16(14)26/h6-7,9,11,13,26H,3-5,8H2,1-2H3,(H2,22,23,24). The Kier molecular flexibility index (Phi) is 5.30. The van der Waals surface area contributed by atoms with Crippen LogP contribution in [0.4, 0.5) is 5.82 Å². The van der Waals surface area contributed by atoms with Gasteiger partial charge in [0.25, 0.3) is 0 Å². The van der Waals surface area contributed by atoms with E-state index in [1.54, 1.807) is 12.1 Å². The van der Waals surface area contributed by atoms with Gasteiger partial charge < -0.3 is 15.7 Å². The number of benzene rings is 1. The molecule has 1 aliphatic carbocycles. The Morgan fingerprint density at radius 2 is 2.08 bits per heavy atom. The summed E-state index contributed by atoms with van der Waals surface area (Å²) in [5, 5.41) is 20.2. The normalized spacial score (nSPS) is 20.1. The summed E-state index contributed by atoms with van der Waals surface area (Å²) in [5.74, 6) is 0.595. The van der Waals surface area contributed by atoms with Crippen LogP contribution in [0.2, 0.25) is 5.02 Å². The van der Waals surface area contributed by atoms with Crippen molar-refractivity contribution in [2.75, 3.05) is 19.8 Å². The minimum absolute atomic E-state index is 0.0271. The number of phenolic OH excluding ortho intramolecular Hbond substituents is 1. The van der Waals surface area contributed by atoms with Gasteiger partial charge in [-0.2, -0.15) is 5.26 Å². The highest BCUT2D eigenvalue weighted by molar-refractivity contribution is 6.30. The Labute approximate surface area is 158 Å². The summed E-state index contributed by atoms with van der Waals surface area (Å²) in [5.41, 5.74) is 7.47. The van der Waals surface area contributed by atoms with E-state index in [4.69, 9.17) is 17.3 Å². The zero-order chi connectivity index (χ0) is 18.8. The number of halogens is 1. The monoisotopic (exact) mass is 371 g/mol. The molecule has 0 amide bonds. The molecule has 1 aliphatic rings. The zero-order valence-electron chi connectivity index (χ0n) is 14.9. The summed E-state index contributed by atoms with van der Waals surface area (Å²) in [6.45, 7) is 0. The van der Waals surface area contributed by atoms with Crippen LogP contribution in [0.1, 0.15) is 42.9 Å². The van der Waals surface area contributed by atoms with Gasteiger partial charge in [-0.3, -0.25) is 0 Å². The Morgan fingerprint density at radius 3 is 2.77 bits per heavy atom.